The van der Waals surface area contributed by atoms with Crippen molar-refractivity contribution in [1.29, 1.82) is 0 Å². The number of aromatic nitrogens is 2. The third-order valence-corrected chi connectivity index (χ3v) is 5.29. The molecule has 132 valence electrons. The van der Waals surface area contributed by atoms with E-state index in [0.717, 1.165) is 32.0 Å². The minimum absolute atomic E-state index is 0.321. The van der Waals surface area contributed by atoms with Gasteiger partial charge in [0.25, 0.3) is 0 Å². The Kier molecular flexibility index (Phi) is 4.44. The van der Waals surface area contributed by atoms with Gasteiger partial charge in [0, 0.05) is 18.9 Å². The van der Waals surface area contributed by atoms with Gasteiger partial charge in [0.2, 0.25) is 0 Å². The van der Waals surface area contributed by atoms with E-state index in [4.69, 9.17) is 14.5 Å². The molecule has 0 radical (unpaired) electrons. The summed E-state index contributed by atoms with van der Waals surface area (Å²) in [6.07, 6.45) is 2.01. The number of benzene rings is 2. The van der Waals surface area contributed by atoms with Crippen molar-refractivity contribution in [2.24, 2.45) is 0 Å². The molecular weight excluding hydrogens is 348 g/mol. The Bertz CT molecular complexity index is 1080. The average molecular weight is 366 g/mol. The first-order chi connectivity index (χ1) is 12.7. The van der Waals surface area contributed by atoms with Crippen LogP contribution in [0.4, 0.5) is 0 Å². The van der Waals surface area contributed by atoms with Gasteiger partial charge in [-0.2, -0.15) is 0 Å². The van der Waals surface area contributed by atoms with Crippen LogP contribution in [0.2, 0.25) is 0 Å². The van der Waals surface area contributed by atoms with E-state index < -0.39 is 0 Å². The summed E-state index contributed by atoms with van der Waals surface area (Å²) in [7, 11) is 1.62. The molecule has 6 heteroatoms. The van der Waals surface area contributed by atoms with Crippen molar-refractivity contribution >= 4 is 32.5 Å². The van der Waals surface area contributed by atoms with E-state index in [0.29, 0.717) is 18.8 Å². The maximum Gasteiger partial charge on any atom is 0.340 e. The van der Waals surface area contributed by atoms with Crippen LogP contribution in [0.15, 0.2) is 48.7 Å². The molecule has 0 bridgehead atoms. The number of hydrogen-bond acceptors (Lipinski definition) is 5. The lowest BCUT2D eigenvalue weighted by Gasteiger charge is -2.09. The highest BCUT2D eigenvalue weighted by Crippen LogP contribution is 2.34. The number of thiazole rings is 1. The number of nitrogens with zero attached hydrogens (tertiary/aromatic N) is 2. The predicted octanol–water partition coefficient (Wildman–Crippen LogP) is 4.54. The summed E-state index contributed by atoms with van der Waals surface area (Å²) in [5.41, 5.74) is 4.33. The van der Waals surface area contributed by atoms with Crippen LogP contribution in [-0.2, 0) is 16.1 Å². The maximum absolute atomic E-state index is 12.5. The molecule has 0 amide bonds. The number of rotatable bonds is 5. The second kappa shape index (κ2) is 6.90. The van der Waals surface area contributed by atoms with Crippen LogP contribution in [0.1, 0.15) is 22.8 Å². The normalized spacial score (nSPS) is 11.3. The van der Waals surface area contributed by atoms with E-state index in [-0.39, 0.29) is 5.97 Å². The minimum Gasteiger partial charge on any atom is -0.462 e. The van der Waals surface area contributed by atoms with Crippen LogP contribution in [0.5, 0.6) is 0 Å². The predicted molar refractivity (Wildman–Crippen MR) is 103 cm³/mol. The Morgan fingerprint density at radius 1 is 1.19 bits per heavy atom. The van der Waals surface area contributed by atoms with Crippen LogP contribution in [0.25, 0.3) is 26.4 Å². The van der Waals surface area contributed by atoms with Crippen LogP contribution in [0, 0.1) is 0 Å². The first kappa shape index (κ1) is 16.8. The molecule has 0 saturated heterocycles. The van der Waals surface area contributed by atoms with Gasteiger partial charge in [0.15, 0.2) is 4.96 Å². The fraction of sp³-hybridized carbons (Fsp3) is 0.200. The van der Waals surface area contributed by atoms with Gasteiger partial charge in [0.1, 0.15) is 0 Å². The number of ether oxygens (including phenoxy) is 2. The highest BCUT2D eigenvalue weighted by atomic mass is 32.1. The summed E-state index contributed by atoms with van der Waals surface area (Å²) >= 11 is 1.49. The number of methoxy groups -OCH3 is 1. The Morgan fingerprint density at radius 2 is 2.00 bits per heavy atom. The smallest absolute Gasteiger partial charge is 0.340 e. The van der Waals surface area contributed by atoms with E-state index >= 15 is 0 Å². The first-order valence-electron chi connectivity index (χ1n) is 8.38. The molecule has 4 aromatic rings. The summed E-state index contributed by atoms with van der Waals surface area (Å²) in [6.45, 7) is 2.50. The molecule has 0 aliphatic carbocycles. The maximum atomic E-state index is 12.5. The summed E-state index contributed by atoms with van der Waals surface area (Å²) in [5.74, 6) is -0.321. The Labute approximate surface area is 154 Å². The molecule has 0 N–H and O–H groups in total. The van der Waals surface area contributed by atoms with Gasteiger partial charge in [-0.25, -0.2) is 9.78 Å². The lowest BCUT2D eigenvalue weighted by molar-refractivity contribution is 0.0524. The molecule has 4 rings (SSSR count). The van der Waals surface area contributed by atoms with Crippen molar-refractivity contribution in [3.63, 3.8) is 0 Å². The SMILES string of the molecule is CCOC(=O)c1c(COC)ccc2c1sc1nc(-c3ccccc3)cn12. The van der Waals surface area contributed by atoms with Crippen LogP contribution < -0.4 is 0 Å². The van der Waals surface area contributed by atoms with Crippen LogP contribution >= 0.6 is 11.3 Å². The van der Waals surface area contributed by atoms with Gasteiger partial charge in [-0.05, 0) is 18.6 Å². The van der Waals surface area contributed by atoms with Crippen molar-refractivity contribution in [3.05, 3.63) is 59.8 Å². The standard InChI is InChI=1S/C20H18N2O3S/c1-3-25-19(23)17-14(12-24-2)9-10-16-18(17)26-20-21-15(11-22(16)20)13-7-5-4-6-8-13/h4-11H,3,12H2,1-2H3. The van der Waals surface area contributed by atoms with Crippen molar-refractivity contribution in [1.82, 2.24) is 9.38 Å². The molecule has 0 unspecified atom stereocenters. The number of fused-ring (bicyclic) bond motifs is 3. The topological polar surface area (TPSA) is 52.8 Å². The quantitative estimate of drug-likeness (QED) is 0.487. The Hall–Kier alpha value is -2.70. The molecule has 2 aromatic carbocycles. The van der Waals surface area contributed by atoms with E-state index in [1.807, 2.05) is 53.1 Å². The Morgan fingerprint density at radius 3 is 2.73 bits per heavy atom. The van der Waals surface area contributed by atoms with Crippen molar-refractivity contribution in [2.45, 2.75) is 13.5 Å². The number of carbonyl (C=O) groups excluding carboxylic acids is 1. The molecule has 0 saturated carbocycles. The number of hydrogen-bond donors (Lipinski definition) is 0. The van der Waals surface area contributed by atoms with Gasteiger partial charge in [-0.1, -0.05) is 47.7 Å². The van der Waals surface area contributed by atoms with Crippen molar-refractivity contribution in [3.8, 4) is 11.3 Å². The minimum atomic E-state index is -0.321. The number of imidazole rings is 1. The Balaban J connectivity index is 1.91. The van der Waals surface area contributed by atoms with E-state index in [1.165, 1.54) is 11.3 Å². The molecule has 0 atom stereocenters. The second-order valence-corrected chi connectivity index (χ2v) is 6.83. The van der Waals surface area contributed by atoms with Crippen LogP contribution in [0.3, 0.4) is 0 Å². The highest BCUT2D eigenvalue weighted by Gasteiger charge is 2.21. The van der Waals surface area contributed by atoms with E-state index in [9.17, 15) is 4.79 Å². The van der Waals surface area contributed by atoms with Crippen molar-refractivity contribution < 1.29 is 14.3 Å². The third-order valence-electron chi connectivity index (χ3n) is 4.20. The van der Waals surface area contributed by atoms with Gasteiger partial charge in [-0.15, -0.1) is 0 Å². The molecule has 26 heavy (non-hydrogen) atoms. The summed E-state index contributed by atoms with van der Waals surface area (Å²) in [6, 6.07) is 14.0. The zero-order valence-corrected chi connectivity index (χ0v) is 15.4. The largest absolute Gasteiger partial charge is 0.462 e. The monoisotopic (exact) mass is 366 g/mol. The van der Waals surface area contributed by atoms with Gasteiger partial charge < -0.3 is 9.47 Å². The molecule has 0 spiro atoms. The molecule has 5 nitrogen and oxygen atoms in total. The molecule has 0 fully saturated rings. The van der Waals surface area contributed by atoms with E-state index in [1.54, 1.807) is 14.0 Å². The lowest BCUT2D eigenvalue weighted by atomic mass is 10.1. The molecular formula is C20H18N2O3S. The summed E-state index contributed by atoms with van der Waals surface area (Å²) in [5, 5.41) is 0. The zero-order valence-electron chi connectivity index (χ0n) is 14.6. The van der Waals surface area contributed by atoms with Gasteiger partial charge in [-0.3, -0.25) is 4.40 Å². The first-order valence-corrected chi connectivity index (χ1v) is 9.19. The second-order valence-electron chi connectivity index (χ2n) is 5.85. The van der Waals surface area contributed by atoms with Gasteiger partial charge in [0.05, 0.1) is 34.7 Å². The summed E-state index contributed by atoms with van der Waals surface area (Å²) in [4.78, 5) is 18.1. The van der Waals surface area contributed by atoms with Crippen molar-refractivity contribution in [2.75, 3.05) is 13.7 Å². The molecule has 0 aliphatic rings. The molecule has 2 aromatic heterocycles. The fourth-order valence-electron chi connectivity index (χ4n) is 3.06. The van der Waals surface area contributed by atoms with E-state index in [2.05, 4.69) is 0 Å². The fourth-order valence-corrected chi connectivity index (χ4v) is 4.22. The lowest BCUT2D eigenvalue weighted by Crippen LogP contribution is -2.09. The average Bonchev–Trinajstić information content (AvgIpc) is 3.20. The third kappa shape index (κ3) is 2.77. The highest BCUT2D eigenvalue weighted by molar-refractivity contribution is 7.24. The molecule has 0 aliphatic heterocycles. The number of esters is 1. The zero-order chi connectivity index (χ0) is 18.1. The molecule has 2 heterocycles. The van der Waals surface area contributed by atoms with Gasteiger partial charge >= 0.3 is 5.97 Å². The summed E-state index contributed by atoms with van der Waals surface area (Å²) < 4.78 is 13.4. The number of carbonyl (C=O) groups is 1. The van der Waals surface area contributed by atoms with Crippen LogP contribution in [-0.4, -0.2) is 29.1 Å².